The zero-order chi connectivity index (χ0) is 9.26. The second kappa shape index (κ2) is 2.72. The number of nitrogens with zero attached hydrogens (tertiary/aromatic N) is 3. The van der Waals surface area contributed by atoms with E-state index < -0.39 is 0 Å². The molecule has 0 aliphatic carbocycles. The molecule has 1 heterocycles. The number of nitriles is 1. The van der Waals surface area contributed by atoms with Gasteiger partial charge in [-0.15, -0.1) is 0 Å². The van der Waals surface area contributed by atoms with Gasteiger partial charge in [0, 0.05) is 17.3 Å². The molecule has 0 amide bonds. The number of anilines is 1. The average molecular weight is 170 g/mol. The Kier molecular flexibility index (Phi) is 1.57. The van der Waals surface area contributed by atoms with Crippen molar-refractivity contribution < 1.29 is 0 Å². The normalized spacial score (nSPS) is 9.77. The Balaban J connectivity index is 2.91. The number of aromatic nitrogens is 2. The van der Waals surface area contributed by atoms with Crippen LogP contribution >= 0.6 is 0 Å². The quantitative estimate of drug-likeness (QED) is 0.600. The van der Waals surface area contributed by atoms with Gasteiger partial charge in [-0.05, 0) is 12.1 Å². The molecule has 0 radical (unpaired) electrons. The van der Waals surface area contributed by atoms with Gasteiger partial charge in [0.05, 0.1) is 17.1 Å². The SMILES string of the molecule is N#Cc1cc(N)cc2ncncc12. The smallest absolute Gasteiger partial charge is 0.116 e. The molecule has 0 aliphatic heterocycles. The van der Waals surface area contributed by atoms with E-state index in [2.05, 4.69) is 16.0 Å². The van der Waals surface area contributed by atoms with E-state index >= 15 is 0 Å². The highest BCUT2D eigenvalue weighted by atomic mass is 14.8. The van der Waals surface area contributed by atoms with Gasteiger partial charge in [0.1, 0.15) is 6.33 Å². The Morgan fingerprint density at radius 2 is 2.23 bits per heavy atom. The van der Waals surface area contributed by atoms with Crippen molar-refractivity contribution >= 4 is 16.6 Å². The van der Waals surface area contributed by atoms with Gasteiger partial charge >= 0.3 is 0 Å². The summed E-state index contributed by atoms with van der Waals surface area (Å²) < 4.78 is 0. The highest BCUT2D eigenvalue weighted by Gasteiger charge is 2.02. The first-order chi connectivity index (χ1) is 6.31. The van der Waals surface area contributed by atoms with E-state index in [1.807, 2.05) is 0 Å². The zero-order valence-corrected chi connectivity index (χ0v) is 6.73. The summed E-state index contributed by atoms with van der Waals surface area (Å²) in [5, 5.41) is 9.53. The first-order valence-corrected chi connectivity index (χ1v) is 3.70. The molecule has 0 unspecified atom stereocenters. The van der Waals surface area contributed by atoms with Crippen molar-refractivity contribution in [2.45, 2.75) is 0 Å². The second-order valence-corrected chi connectivity index (χ2v) is 2.64. The Hall–Kier alpha value is -2.15. The van der Waals surface area contributed by atoms with Gasteiger partial charge in [-0.3, -0.25) is 0 Å². The largest absolute Gasteiger partial charge is 0.399 e. The van der Waals surface area contributed by atoms with Crippen LogP contribution in [0.25, 0.3) is 10.9 Å². The fourth-order valence-corrected chi connectivity index (χ4v) is 1.20. The third-order valence-corrected chi connectivity index (χ3v) is 1.77. The Bertz CT molecular complexity index is 498. The van der Waals surface area contributed by atoms with Crippen molar-refractivity contribution in [3.8, 4) is 6.07 Å². The minimum Gasteiger partial charge on any atom is -0.399 e. The molecule has 1 aromatic carbocycles. The Morgan fingerprint density at radius 3 is 3.00 bits per heavy atom. The fourth-order valence-electron chi connectivity index (χ4n) is 1.20. The maximum atomic E-state index is 8.80. The van der Waals surface area contributed by atoms with E-state index in [4.69, 9.17) is 11.0 Å². The minimum atomic E-state index is 0.510. The Labute approximate surface area is 74.6 Å². The van der Waals surface area contributed by atoms with E-state index in [0.29, 0.717) is 16.8 Å². The maximum absolute atomic E-state index is 8.80. The summed E-state index contributed by atoms with van der Waals surface area (Å²) in [7, 11) is 0. The summed E-state index contributed by atoms with van der Waals surface area (Å²) in [5.41, 5.74) is 7.34. The van der Waals surface area contributed by atoms with Gasteiger partial charge in [0.25, 0.3) is 0 Å². The van der Waals surface area contributed by atoms with Crippen molar-refractivity contribution in [1.29, 1.82) is 5.26 Å². The van der Waals surface area contributed by atoms with E-state index in [9.17, 15) is 0 Å². The average Bonchev–Trinajstić information content (AvgIpc) is 2.16. The molecule has 0 spiro atoms. The predicted molar refractivity (Wildman–Crippen MR) is 48.7 cm³/mol. The van der Waals surface area contributed by atoms with Crippen LogP contribution < -0.4 is 5.73 Å². The fraction of sp³-hybridized carbons (Fsp3) is 0. The lowest BCUT2D eigenvalue weighted by atomic mass is 10.1. The van der Waals surface area contributed by atoms with Crippen molar-refractivity contribution in [2.24, 2.45) is 0 Å². The van der Waals surface area contributed by atoms with Crippen LogP contribution in [0, 0.1) is 11.3 Å². The number of benzene rings is 1. The molecule has 2 aromatic rings. The summed E-state index contributed by atoms with van der Waals surface area (Å²) in [6, 6.07) is 5.39. The van der Waals surface area contributed by atoms with E-state index in [1.165, 1.54) is 6.33 Å². The predicted octanol–water partition coefficient (Wildman–Crippen LogP) is 1.08. The van der Waals surface area contributed by atoms with Crippen LogP contribution in [0.5, 0.6) is 0 Å². The first-order valence-electron chi connectivity index (χ1n) is 3.70. The lowest BCUT2D eigenvalue weighted by molar-refractivity contribution is 1.22. The lowest BCUT2D eigenvalue weighted by Gasteiger charge is -1.99. The standard InChI is InChI=1S/C9H6N4/c10-3-6-1-7(11)2-9-8(6)4-12-5-13-9/h1-2,4-5H,11H2. The third kappa shape index (κ3) is 1.16. The summed E-state index contributed by atoms with van der Waals surface area (Å²) in [5.74, 6) is 0. The summed E-state index contributed by atoms with van der Waals surface area (Å²) in [4.78, 5) is 7.86. The van der Waals surface area contributed by atoms with Gasteiger partial charge in [0.2, 0.25) is 0 Å². The molecular weight excluding hydrogens is 164 g/mol. The molecule has 0 atom stereocenters. The molecule has 4 heteroatoms. The molecule has 13 heavy (non-hydrogen) atoms. The van der Waals surface area contributed by atoms with E-state index in [-0.39, 0.29) is 0 Å². The molecular formula is C9H6N4. The number of nitrogens with two attached hydrogens (primary N) is 1. The molecule has 2 N–H and O–H groups in total. The topological polar surface area (TPSA) is 75.6 Å². The summed E-state index contributed by atoms with van der Waals surface area (Å²) in [6.07, 6.45) is 3.04. The number of rotatable bonds is 0. The molecule has 0 saturated carbocycles. The maximum Gasteiger partial charge on any atom is 0.116 e. The van der Waals surface area contributed by atoms with Crippen molar-refractivity contribution in [3.05, 3.63) is 30.2 Å². The third-order valence-electron chi connectivity index (χ3n) is 1.77. The molecule has 0 bridgehead atoms. The van der Waals surface area contributed by atoms with Gasteiger partial charge in [-0.2, -0.15) is 5.26 Å². The number of fused-ring (bicyclic) bond motifs is 1. The van der Waals surface area contributed by atoms with Gasteiger partial charge < -0.3 is 5.73 Å². The van der Waals surface area contributed by atoms with Crippen LogP contribution in [0.1, 0.15) is 5.56 Å². The van der Waals surface area contributed by atoms with Crippen LogP contribution in [0.4, 0.5) is 5.69 Å². The molecule has 0 aliphatic rings. The van der Waals surface area contributed by atoms with E-state index in [0.717, 1.165) is 5.39 Å². The van der Waals surface area contributed by atoms with Gasteiger partial charge in [0.15, 0.2) is 0 Å². The minimum absolute atomic E-state index is 0.510. The molecule has 0 saturated heterocycles. The Morgan fingerprint density at radius 1 is 1.38 bits per heavy atom. The van der Waals surface area contributed by atoms with Crippen molar-refractivity contribution in [3.63, 3.8) is 0 Å². The second-order valence-electron chi connectivity index (χ2n) is 2.64. The van der Waals surface area contributed by atoms with Crippen LogP contribution in [-0.4, -0.2) is 9.97 Å². The van der Waals surface area contributed by atoms with Gasteiger partial charge in [-0.1, -0.05) is 0 Å². The van der Waals surface area contributed by atoms with Crippen LogP contribution in [0.2, 0.25) is 0 Å². The number of hydrogen-bond donors (Lipinski definition) is 1. The van der Waals surface area contributed by atoms with Crippen LogP contribution in [0.3, 0.4) is 0 Å². The van der Waals surface area contributed by atoms with E-state index in [1.54, 1.807) is 18.3 Å². The van der Waals surface area contributed by atoms with Crippen molar-refractivity contribution in [1.82, 2.24) is 9.97 Å². The highest BCUT2D eigenvalue weighted by molar-refractivity contribution is 5.86. The van der Waals surface area contributed by atoms with Crippen molar-refractivity contribution in [2.75, 3.05) is 5.73 Å². The van der Waals surface area contributed by atoms with Crippen LogP contribution in [-0.2, 0) is 0 Å². The monoisotopic (exact) mass is 170 g/mol. The zero-order valence-electron chi connectivity index (χ0n) is 6.73. The van der Waals surface area contributed by atoms with Crippen LogP contribution in [0.15, 0.2) is 24.7 Å². The molecule has 2 rings (SSSR count). The first kappa shape index (κ1) is 7.50. The van der Waals surface area contributed by atoms with Gasteiger partial charge in [-0.25, -0.2) is 9.97 Å². The number of hydrogen-bond acceptors (Lipinski definition) is 4. The molecule has 0 fully saturated rings. The molecule has 1 aromatic heterocycles. The summed E-state index contributed by atoms with van der Waals surface area (Å²) >= 11 is 0. The molecule has 4 nitrogen and oxygen atoms in total. The summed E-state index contributed by atoms with van der Waals surface area (Å²) in [6.45, 7) is 0. The lowest BCUT2D eigenvalue weighted by Crippen LogP contribution is -1.90. The number of nitrogen functional groups attached to an aromatic ring is 1. The highest BCUT2D eigenvalue weighted by Crippen LogP contribution is 2.18. The molecule has 62 valence electrons.